The number of ketones is 1. The summed E-state index contributed by atoms with van der Waals surface area (Å²) in [4.78, 5) is 30.0. The Kier molecular flexibility index (Phi) is 10.4. The molecule has 2 atom stereocenters. The first-order chi connectivity index (χ1) is 21.0. The highest BCUT2D eigenvalue weighted by atomic mass is 35.5. The molecule has 43 heavy (non-hydrogen) atoms. The van der Waals surface area contributed by atoms with Crippen molar-refractivity contribution in [3.8, 4) is 5.75 Å². The van der Waals surface area contributed by atoms with Gasteiger partial charge in [-0.15, -0.1) is 0 Å². The van der Waals surface area contributed by atoms with Crippen molar-refractivity contribution in [1.82, 2.24) is 15.5 Å². The Balaban J connectivity index is 1.18. The Bertz CT molecular complexity index is 1470. The van der Waals surface area contributed by atoms with Crippen LogP contribution in [-0.4, -0.2) is 34.6 Å². The topological polar surface area (TPSA) is 130 Å². The van der Waals surface area contributed by atoms with Crippen LogP contribution in [-0.2, 0) is 17.8 Å². The number of nitrogens with one attached hydrogen (secondary N) is 1. The lowest BCUT2D eigenvalue weighted by molar-refractivity contribution is 0.0896. The van der Waals surface area contributed by atoms with Crippen LogP contribution in [0.15, 0.2) is 83.4 Å². The SMILES string of the molecule is NCCCCC(NC(=O)OCc1ccccc1)C(=O)c1noc(Cc2ccc(OC(c3ccc(Cl)cc3)C3CC3)cc2)n1. The summed E-state index contributed by atoms with van der Waals surface area (Å²) >= 11 is 6.06. The van der Waals surface area contributed by atoms with Crippen LogP contribution < -0.4 is 15.8 Å². The zero-order valence-corrected chi connectivity index (χ0v) is 24.5. The molecule has 3 N–H and O–H groups in total. The van der Waals surface area contributed by atoms with Gasteiger partial charge >= 0.3 is 6.09 Å². The average molecular weight is 603 g/mol. The third kappa shape index (κ3) is 8.89. The summed E-state index contributed by atoms with van der Waals surface area (Å²) in [5, 5.41) is 7.26. The number of amides is 1. The minimum absolute atomic E-state index is 0.0188. The lowest BCUT2D eigenvalue weighted by Gasteiger charge is -2.19. The van der Waals surface area contributed by atoms with Crippen LogP contribution in [0.5, 0.6) is 5.75 Å². The zero-order valence-electron chi connectivity index (χ0n) is 23.8. The smallest absolute Gasteiger partial charge is 0.408 e. The quantitative estimate of drug-likeness (QED) is 0.117. The summed E-state index contributed by atoms with van der Waals surface area (Å²) in [6.07, 6.45) is 3.64. The third-order valence-corrected chi connectivity index (χ3v) is 7.50. The predicted molar refractivity (Wildman–Crippen MR) is 162 cm³/mol. The number of carbonyl (C=O) groups is 2. The molecule has 9 nitrogen and oxygen atoms in total. The molecule has 1 aromatic heterocycles. The van der Waals surface area contributed by atoms with Crippen LogP contribution in [0, 0.1) is 5.92 Å². The maximum absolute atomic E-state index is 13.2. The van der Waals surface area contributed by atoms with E-state index in [1.165, 1.54) is 0 Å². The molecule has 4 aromatic rings. The summed E-state index contributed by atoms with van der Waals surface area (Å²) in [7, 11) is 0. The van der Waals surface area contributed by atoms with Gasteiger partial charge in [-0.05, 0) is 79.6 Å². The average Bonchev–Trinajstić information content (AvgIpc) is 3.77. The lowest BCUT2D eigenvalue weighted by atomic mass is 10.0. The molecular weight excluding hydrogens is 568 g/mol. The fourth-order valence-corrected chi connectivity index (χ4v) is 4.87. The van der Waals surface area contributed by atoms with Crippen LogP contribution >= 0.6 is 11.6 Å². The highest BCUT2D eigenvalue weighted by Crippen LogP contribution is 2.43. The second-order valence-electron chi connectivity index (χ2n) is 10.7. The van der Waals surface area contributed by atoms with E-state index in [1.54, 1.807) is 0 Å². The minimum Gasteiger partial charge on any atom is -0.485 e. The number of aromatic nitrogens is 2. The monoisotopic (exact) mass is 602 g/mol. The number of unbranched alkanes of at least 4 members (excludes halogenated alkanes) is 1. The molecule has 1 heterocycles. The number of benzene rings is 3. The molecule has 1 aliphatic rings. The number of hydrogen-bond acceptors (Lipinski definition) is 8. The van der Waals surface area contributed by atoms with Gasteiger partial charge < -0.3 is 25.0 Å². The van der Waals surface area contributed by atoms with Crippen molar-refractivity contribution in [2.75, 3.05) is 6.54 Å². The number of hydrogen-bond donors (Lipinski definition) is 2. The molecule has 0 aliphatic heterocycles. The molecule has 5 rings (SSSR count). The van der Waals surface area contributed by atoms with Crippen molar-refractivity contribution in [1.29, 1.82) is 0 Å². The summed E-state index contributed by atoms with van der Waals surface area (Å²) in [6, 6.07) is 24.0. The molecule has 3 aromatic carbocycles. The molecule has 0 saturated heterocycles. The van der Waals surface area contributed by atoms with E-state index in [-0.39, 0.29) is 18.5 Å². The van der Waals surface area contributed by atoms with Gasteiger partial charge in [-0.25, -0.2) is 4.79 Å². The van der Waals surface area contributed by atoms with Gasteiger partial charge in [-0.1, -0.05) is 71.4 Å². The molecule has 10 heteroatoms. The molecule has 2 unspecified atom stereocenters. The standard InChI is InChI=1S/C33H35ClN4O5/c34-26-15-13-25(14-16-26)31(24-11-12-24)42-27-17-9-22(10-18-27)20-29-37-32(38-43-29)30(39)28(8-4-5-19-35)36-33(40)41-21-23-6-2-1-3-7-23/h1-3,6-7,9-10,13-18,24,28,31H,4-5,8,11-12,19-21,35H2,(H,36,40). The van der Waals surface area contributed by atoms with Crippen LogP contribution in [0.3, 0.4) is 0 Å². The molecule has 1 saturated carbocycles. The molecule has 1 aliphatic carbocycles. The molecule has 224 valence electrons. The van der Waals surface area contributed by atoms with E-state index in [0.717, 1.165) is 35.3 Å². The van der Waals surface area contributed by atoms with E-state index in [2.05, 4.69) is 15.5 Å². The Morgan fingerprint density at radius 2 is 1.72 bits per heavy atom. The van der Waals surface area contributed by atoms with Gasteiger partial charge in [0, 0.05) is 10.9 Å². The van der Waals surface area contributed by atoms with E-state index in [0.29, 0.717) is 49.1 Å². The fourth-order valence-electron chi connectivity index (χ4n) is 4.75. The molecule has 1 amide bonds. The van der Waals surface area contributed by atoms with Crippen LogP contribution in [0.25, 0.3) is 0 Å². The Morgan fingerprint density at radius 1 is 0.977 bits per heavy atom. The van der Waals surface area contributed by atoms with Gasteiger partial charge in [0.05, 0.1) is 12.5 Å². The van der Waals surface area contributed by atoms with Crippen LogP contribution in [0.1, 0.15) is 71.4 Å². The Hall–Kier alpha value is -4.21. The van der Waals surface area contributed by atoms with Crippen molar-refractivity contribution in [3.05, 3.63) is 112 Å². The first kappa shape index (κ1) is 30.3. The molecular formula is C33H35ClN4O5. The van der Waals surface area contributed by atoms with E-state index in [4.69, 9.17) is 31.3 Å². The second-order valence-corrected chi connectivity index (χ2v) is 11.1. The predicted octanol–water partition coefficient (Wildman–Crippen LogP) is 6.45. The van der Waals surface area contributed by atoms with E-state index in [9.17, 15) is 9.59 Å². The Morgan fingerprint density at radius 3 is 2.42 bits per heavy atom. The number of Topliss-reactive ketones (excluding diaryl/α,β-unsaturated/α-hetero) is 1. The molecule has 0 bridgehead atoms. The largest absolute Gasteiger partial charge is 0.485 e. The van der Waals surface area contributed by atoms with Gasteiger partial charge in [0.15, 0.2) is 0 Å². The number of nitrogens with two attached hydrogens (primary N) is 1. The molecule has 0 radical (unpaired) electrons. The van der Waals surface area contributed by atoms with Crippen molar-refractivity contribution in [3.63, 3.8) is 0 Å². The lowest BCUT2D eigenvalue weighted by Crippen LogP contribution is -2.41. The second kappa shape index (κ2) is 14.8. The van der Waals surface area contributed by atoms with Crippen LogP contribution in [0.2, 0.25) is 5.02 Å². The minimum atomic E-state index is -0.864. The summed E-state index contributed by atoms with van der Waals surface area (Å²) < 4.78 is 17.1. The van der Waals surface area contributed by atoms with E-state index < -0.39 is 17.9 Å². The Labute approximate surface area is 255 Å². The normalized spacial score (nSPS) is 14.1. The maximum Gasteiger partial charge on any atom is 0.408 e. The number of halogens is 1. The number of nitrogens with zero attached hydrogens (tertiary/aromatic N) is 2. The number of carbonyl (C=O) groups excluding carboxylic acids is 2. The third-order valence-electron chi connectivity index (χ3n) is 7.25. The fraction of sp³-hybridized carbons (Fsp3) is 0.333. The first-order valence-electron chi connectivity index (χ1n) is 14.5. The zero-order chi connectivity index (χ0) is 30.0. The van der Waals surface area contributed by atoms with Gasteiger partial charge in [-0.2, -0.15) is 4.98 Å². The van der Waals surface area contributed by atoms with Crippen molar-refractivity contribution < 1.29 is 23.6 Å². The summed E-state index contributed by atoms with van der Waals surface area (Å²) in [5.41, 5.74) is 8.50. The number of ether oxygens (including phenoxy) is 2. The maximum atomic E-state index is 13.2. The highest BCUT2D eigenvalue weighted by Gasteiger charge is 2.34. The van der Waals surface area contributed by atoms with Crippen molar-refractivity contribution in [2.45, 2.75) is 57.3 Å². The van der Waals surface area contributed by atoms with Gasteiger partial charge in [0.1, 0.15) is 18.5 Å². The number of rotatable bonds is 15. The van der Waals surface area contributed by atoms with E-state index in [1.807, 2.05) is 78.9 Å². The molecule has 1 fully saturated rings. The first-order valence-corrected chi connectivity index (χ1v) is 14.9. The van der Waals surface area contributed by atoms with Gasteiger partial charge in [0.25, 0.3) is 0 Å². The molecule has 0 spiro atoms. The van der Waals surface area contributed by atoms with Crippen molar-refractivity contribution >= 4 is 23.5 Å². The van der Waals surface area contributed by atoms with Crippen molar-refractivity contribution in [2.24, 2.45) is 11.7 Å². The van der Waals surface area contributed by atoms with E-state index >= 15 is 0 Å². The van der Waals surface area contributed by atoms with Gasteiger partial charge in [-0.3, -0.25) is 4.79 Å². The number of alkyl carbamates (subject to hydrolysis) is 1. The van der Waals surface area contributed by atoms with Gasteiger partial charge in [0.2, 0.25) is 17.5 Å². The summed E-state index contributed by atoms with van der Waals surface area (Å²) in [5.74, 6) is 1.02. The van der Waals surface area contributed by atoms with Crippen LogP contribution in [0.4, 0.5) is 4.79 Å². The summed E-state index contributed by atoms with van der Waals surface area (Å²) in [6.45, 7) is 0.576. The highest BCUT2D eigenvalue weighted by molar-refractivity contribution is 6.30.